The van der Waals surface area contributed by atoms with Gasteiger partial charge in [-0.3, -0.25) is 0 Å². The Labute approximate surface area is 227 Å². The van der Waals surface area contributed by atoms with Crippen LogP contribution in [-0.4, -0.2) is 53.7 Å². The number of amides is 2. The van der Waals surface area contributed by atoms with Gasteiger partial charge in [0, 0.05) is 31.6 Å². The van der Waals surface area contributed by atoms with Gasteiger partial charge in [-0.2, -0.15) is 4.98 Å². The van der Waals surface area contributed by atoms with E-state index in [2.05, 4.69) is 26.3 Å². The zero-order chi connectivity index (χ0) is 26.6. The minimum absolute atomic E-state index is 0.0669. The monoisotopic (exact) mass is 530 g/mol. The van der Waals surface area contributed by atoms with Crippen molar-refractivity contribution in [2.45, 2.75) is 19.9 Å². The first-order chi connectivity index (χ1) is 18.4. The van der Waals surface area contributed by atoms with Gasteiger partial charge in [0.25, 0.3) is 0 Å². The van der Waals surface area contributed by atoms with Gasteiger partial charge in [0.05, 0.1) is 23.2 Å². The van der Waals surface area contributed by atoms with Crippen molar-refractivity contribution in [3.63, 3.8) is 0 Å². The van der Waals surface area contributed by atoms with Gasteiger partial charge in [0.1, 0.15) is 11.6 Å². The third-order valence-electron chi connectivity index (χ3n) is 6.76. The number of ether oxygens (including phenoxy) is 1. The molecule has 5 rings (SSSR count). The number of anilines is 2. The van der Waals surface area contributed by atoms with E-state index in [4.69, 9.17) is 22.1 Å². The number of carbonyl (C=O) groups is 1. The van der Waals surface area contributed by atoms with E-state index in [0.717, 1.165) is 33.4 Å². The van der Waals surface area contributed by atoms with Crippen LogP contribution < -0.4 is 20.7 Å². The lowest BCUT2D eigenvalue weighted by atomic mass is 10.0. The number of halogens is 1. The van der Waals surface area contributed by atoms with Crippen LogP contribution in [0.2, 0.25) is 5.02 Å². The van der Waals surface area contributed by atoms with E-state index in [1.807, 2.05) is 79.4 Å². The molecule has 0 saturated carbocycles. The van der Waals surface area contributed by atoms with Crippen LogP contribution in [-0.2, 0) is 0 Å². The molecule has 0 bridgehead atoms. The standard InChI is InChI=1S/C29H31ClN6O2/c1-3-38-26-12-10-22(18-24(26)30)21-9-11-25-23(17-21)27(34-28(31)33-25)35-13-15-36(16-14-35)29(37)32-19(2)20-7-5-4-6-8-20/h4-12,17-19H,3,13-16H2,1-2H3,(H,32,37)(H2,31,33,34)/t19-/m0/s1. The number of hydrogen-bond donors (Lipinski definition) is 2. The highest BCUT2D eigenvalue weighted by molar-refractivity contribution is 6.32. The summed E-state index contributed by atoms with van der Waals surface area (Å²) in [5.74, 6) is 1.65. The minimum atomic E-state index is -0.0677. The fourth-order valence-corrected chi connectivity index (χ4v) is 4.96. The summed E-state index contributed by atoms with van der Waals surface area (Å²) in [6, 6.07) is 21.6. The Morgan fingerprint density at radius 3 is 2.45 bits per heavy atom. The third-order valence-corrected chi connectivity index (χ3v) is 7.06. The lowest BCUT2D eigenvalue weighted by molar-refractivity contribution is 0.191. The molecule has 0 aliphatic carbocycles. The van der Waals surface area contributed by atoms with Gasteiger partial charge in [-0.05, 0) is 54.8 Å². The first-order valence-corrected chi connectivity index (χ1v) is 13.2. The van der Waals surface area contributed by atoms with Crippen molar-refractivity contribution in [3.8, 4) is 16.9 Å². The van der Waals surface area contributed by atoms with E-state index in [1.54, 1.807) is 0 Å². The minimum Gasteiger partial charge on any atom is -0.492 e. The Hall–Kier alpha value is -4.04. The van der Waals surface area contributed by atoms with E-state index in [0.29, 0.717) is 43.6 Å². The third kappa shape index (κ3) is 5.45. The number of aromatic nitrogens is 2. The van der Waals surface area contributed by atoms with Crippen LogP contribution in [0.4, 0.5) is 16.6 Å². The molecule has 2 amide bonds. The number of urea groups is 1. The molecule has 3 aromatic carbocycles. The van der Waals surface area contributed by atoms with Gasteiger partial charge in [-0.15, -0.1) is 0 Å². The van der Waals surface area contributed by atoms with Crippen molar-refractivity contribution in [2.24, 2.45) is 0 Å². The average Bonchev–Trinajstić information content (AvgIpc) is 2.94. The van der Waals surface area contributed by atoms with E-state index >= 15 is 0 Å². The molecule has 38 heavy (non-hydrogen) atoms. The number of rotatable bonds is 6. The molecule has 1 saturated heterocycles. The van der Waals surface area contributed by atoms with E-state index < -0.39 is 0 Å². The average molecular weight is 531 g/mol. The Kier molecular flexibility index (Phi) is 7.51. The predicted molar refractivity (Wildman–Crippen MR) is 153 cm³/mol. The second-order valence-electron chi connectivity index (χ2n) is 9.27. The van der Waals surface area contributed by atoms with Crippen LogP contribution in [0.5, 0.6) is 5.75 Å². The molecule has 0 radical (unpaired) electrons. The highest BCUT2D eigenvalue weighted by atomic mass is 35.5. The molecular formula is C29H31ClN6O2. The second kappa shape index (κ2) is 11.1. The molecular weight excluding hydrogens is 500 g/mol. The molecule has 1 fully saturated rings. The summed E-state index contributed by atoms with van der Waals surface area (Å²) in [5.41, 5.74) is 9.88. The lowest BCUT2D eigenvalue weighted by Gasteiger charge is -2.36. The summed E-state index contributed by atoms with van der Waals surface area (Å²) >= 11 is 6.44. The van der Waals surface area contributed by atoms with Crippen LogP contribution in [0, 0.1) is 0 Å². The van der Waals surface area contributed by atoms with Crippen molar-refractivity contribution >= 4 is 40.3 Å². The number of hydrogen-bond acceptors (Lipinski definition) is 6. The summed E-state index contributed by atoms with van der Waals surface area (Å²) in [6.07, 6.45) is 0. The number of piperazine rings is 1. The summed E-state index contributed by atoms with van der Waals surface area (Å²) in [5, 5.41) is 4.57. The molecule has 1 aromatic heterocycles. The van der Waals surface area contributed by atoms with Crippen molar-refractivity contribution in [3.05, 3.63) is 77.3 Å². The first kappa shape index (κ1) is 25.6. The normalized spacial score (nSPS) is 14.4. The zero-order valence-corrected chi connectivity index (χ0v) is 22.3. The quantitative estimate of drug-likeness (QED) is 0.340. The number of carbonyl (C=O) groups excluding carboxylic acids is 1. The molecule has 9 heteroatoms. The highest BCUT2D eigenvalue weighted by Gasteiger charge is 2.25. The summed E-state index contributed by atoms with van der Waals surface area (Å²) in [4.78, 5) is 26.0. The fraction of sp³-hybridized carbons (Fsp3) is 0.276. The Morgan fingerprint density at radius 1 is 1.03 bits per heavy atom. The number of nitrogen functional groups attached to an aromatic ring is 1. The second-order valence-corrected chi connectivity index (χ2v) is 9.68. The number of nitrogens with two attached hydrogens (primary N) is 1. The molecule has 196 valence electrons. The van der Waals surface area contributed by atoms with E-state index in [-0.39, 0.29) is 18.0 Å². The molecule has 1 aliphatic heterocycles. The molecule has 0 spiro atoms. The number of nitrogens with one attached hydrogen (secondary N) is 1. The van der Waals surface area contributed by atoms with Crippen LogP contribution in [0.3, 0.4) is 0 Å². The first-order valence-electron chi connectivity index (χ1n) is 12.8. The summed E-state index contributed by atoms with van der Waals surface area (Å²) < 4.78 is 5.57. The van der Waals surface area contributed by atoms with Crippen LogP contribution in [0.25, 0.3) is 22.0 Å². The van der Waals surface area contributed by atoms with Crippen LogP contribution in [0.15, 0.2) is 66.7 Å². The van der Waals surface area contributed by atoms with Crippen molar-refractivity contribution in [1.29, 1.82) is 0 Å². The van der Waals surface area contributed by atoms with Crippen molar-refractivity contribution < 1.29 is 9.53 Å². The van der Waals surface area contributed by atoms with Crippen LogP contribution >= 0.6 is 11.6 Å². The topological polar surface area (TPSA) is 96.6 Å². The predicted octanol–water partition coefficient (Wildman–Crippen LogP) is 5.52. The van der Waals surface area contributed by atoms with E-state index in [9.17, 15) is 4.79 Å². The summed E-state index contributed by atoms with van der Waals surface area (Å²) in [7, 11) is 0. The molecule has 3 N–H and O–H groups in total. The van der Waals surface area contributed by atoms with Gasteiger partial charge < -0.3 is 25.6 Å². The maximum absolute atomic E-state index is 12.9. The van der Waals surface area contributed by atoms with Gasteiger partial charge in [0.15, 0.2) is 0 Å². The molecule has 1 aliphatic rings. The molecule has 0 unspecified atom stereocenters. The van der Waals surface area contributed by atoms with Gasteiger partial charge in [-0.1, -0.05) is 54.1 Å². The van der Waals surface area contributed by atoms with E-state index in [1.165, 1.54) is 0 Å². The maximum atomic E-state index is 12.9. The molecule has 1 atom stereocenters. The van der Waals surface area contributed by atoms with Crippen molar-refractivity contribution in [1.82, 2.24) is 20.2 Å². The zero-order valence-electron chi connectivity index (χ0n) is 21.5. The number of benzene rings is 3. The summed E-state index contributed by atoms with van der Waals surface area (Å²) in [6.45, 7) is 6.90. The molecule has 4 aromatic rings. The Morgan fingerprint density at radius 2 is 1.74 bits per heavy atom. The largest absolute Gasteiger partial charge is 0.492 e. The van der Waals surface area contributed by atoms with Crippen LogP contribution in [0.1, 0.15) is 25.5 Å². The Balaban J connectivity index is 1.34. The highest BCUT2D eigenvalue weighted by Crippen LogP contribution is 2.34. The van der Waals surface area contributed by atoms with Crippen molar-refractivity contribution in [2.75, 3.05) is 43.4 Å². The molecule has 8 nitrogen and oxygen atoms in total. The lowest BCUT2D eigenvalue weighted by Crippen LogP contribution is -2.52. The van der Waals surface area contributed by atoms with Gasteiger partial charge in [0.2, 0.25) is 5.95 Å². The fourth-order valence-electron chi connectivity index (χ4n) is 4.73. The molecule has 2 heterocycles. The maximum Gasteiger partial charge on any atom is 0.317 e. The SMILES string of the molecule is CCOc1ccc(-c2ccc3nc(N)nc(N4CCN(C(=O)N[C@@H](C)c5ccccc5)CC4)c3c2)cc1Cl. The number of nitrogens with zero attached hydrogens (tertiary/aromatic N) is 4. The van der Waals surface area contributed by atoms with Gasteiger partial charge in [-0.25, -0.2) is 9.78 Å². The Bertz CT molecular complexity index is 1440. The van der Waals surface area contributed by atoms with Gasteiger partial charge >= 0.3 is 6.03 Å². The number of fused-ring (bicyclic) bond motifs is 1. The smallest absolute Gasteiger partial charge is 0.317 e.